The number of nitrogens with zero attached hydrogens (tertiary/aromatic N) is 2. The first-order valence-electron chi connectivity index (χ1n) is 7.80. The van der Waals surface area contributed by atoms with Crippen LogP contribution in [0, 0.1) is 5.92 Å². The van der Waals surface area contributed by atoms with E-state index >= 15 is 0 Å². The summed E-state index contributed by atoms with van der Waals surface area (Å²) in [6.07, 6.45) is 2.66. The summed E-state index contributed by atoms with van der Waals surface area (Å²) in [5, 5.41) is 14.3. The molecular formula is C17H15N4O5-. The van der Waals surface area contributed by atoms with Gasteiger partial charge in [0.05, 0.1) is 12.0 Å². The van der Waals surface area contributed by atoms with Crippen molar-refractivity contribution >= 4 is 40.9 Å². The van der Waals surface area contributed by atoms with Gasteiger partial charge in [-0.3, -0.25) is 24.8 Å². The number of aromatic amines is 1. The minimum atomic E-state index is -1.43. The first-order chi connectivity index (χ1) is 12.4. The second-order valence-electron chi connectivity index (χ2n) is 5.87. The topological polar surface area (TPSA) is 135 Å². The predicted octanol–water partition coefficient (Wildman–Crippen LogP) is -0.776. The van der Waals surface area contributed by atoms with E-state index in [1.165, 1.54) is 7.05 Å². The van der Waals surface area contributed by atoms with Crippen LogP contribution in [0.2, 0.25) is 0 Å². The Hall–Kier alpha value is -3.49. The number of imide groups is 2. The van der Waals surface area contributed by atoms with Gasteiger partial charge in [-0.05, 0) is 11.6 Å². The van der Waals surface area contributed by atoms with Crippen molar-refractivity contribution in [3.05, 3.63) is 36.0 Å². The highest BCUT2D eigenvalue weighted by molar-refractivity contribution is 6.23. The third-order valence-electron chi connectivity index (χ3n) is 4.19. The Kier molecular flexibility index (Phi) is 4.53. The van der Waals surface area contributed by atoms with Crippen LogP contribution in [0.4, 0.5) is 4.79 Å². The fraction of sp³-hybridized carbons (Fsp3) is 0.235. The van der Waals surface area contributed by atoms with Crippen molar-refractivity contribution in [1.82, 2.24) is 15.2 Å². The van der Waals surface area contributed by atoms with Crippen molar-refractivity contribution < 1.29 is 24.3 Å². The number of carboxylic acid groups (broad SMARTS) is 1. The molecule has 0 saturated carbocycles. The smallest absolute Gasteiger partial charge is 0.330 e. The fourth-order valence-electron chi connectivity index (χ4n) is 2.71. The number of carboxylic acids is 1. The molecule has 1 aromatic carbocycles. The number of nitrogens with one attached hydrogen (secondary N) is 2. The first-order valence-corrected chi connectivity index (χ1v) is 7.80. The molecule has 0 unspecified atom stereocenters. The maximum Gasteiger partial charge on any atom is 0.330 e. The number of carbonyl (C=O) groups excluding carboxylic acids is 4. The summed E-state index contributed by atoms with van der Waals surface area (Å²) < 4.78 is 0. The van der Waals surface area contributed by atoms with E-state index in [9.17, 15) is 24.3 Å². The Morgan fingerprint density at radius 1 is 1.35 bits per heavy atom. The lowest BCUT2D eigenvalue weighted by molar-refractivity contribution is -0.307. The van der Waals surface area contributed by atoms with E-state index in [0.29, 0.717) is 0 Å². The van der Waals surface area contributed by atoms with Crippen molar-refractivity contribution in [1.29, 1.82) is 0 Å². The number of barbiturate groups is 1. The van der Waals surface area contributed by atoms with E-state index < -0.39 is 35.8 Å². The fourth-order valence-corrected chi connectivity index (χ4v) is 2.71. The molecule has 134 valence electrons. The summed E-state index contributed by atoms with van der Waals surface area (Å²) in [4.78, 5) is 54.2. The van der Waals surface area contributed by atoms with Crippen LogP contribution in [-0.4, -0.2) is 53.0 Å². The van der Waals surface area contributed by atoms with E-state index in [1.807, 2.05) is 29.6 Å². The van der Waals surface area contributed by atoms with Gasteiger partial charge in [0.15, 0.2) is 5.92 Å². The second-order valence-corrected chi connectivity index (χ2v) is 5.87. The lowest BCUT2D eigenvalue weighted by Gasteiger charge is -2.25. The average Bonchev–Trinajstić information content (AvgIpc) is 3.01. The van der Waals surface area contributed by atoms with Crippen LogP contribution in [0.25, 0.3) is 10.9 Å². The molecule has 0 radical (unpaired) electrons. The van der Waals surface area contributed by atoms with Crippen LogP contribution in [0.3, 0.4) is 0 Å². The van der Waals surface area contributed by atoms with Gasteiger partial charge in [0.25, 0.3) is 0 Å². The van der Waals surface area contributed by atoms with Gasteiger partial charge >= 0.3 is 6.03 Å². The molecule has 2 atom stereocenters. The Balaban J connectivity index is 1.81. The third-order valence-corrected chi connectivity index (χ3v) is 4.19. The number of para-hydroxylation sites is 1. The van der Waals surface area contributed by atoms with Gasteiger partial charge in [-0.15, -0.1) is 0 Å². The Morgan fingerprint density at radius 3 is 2.81 bits per heavy atom. The summed E-state index contributed by atoms with van der Waals surface area (Å²) >= 11 is 0. The Bertz CT molecular complexity index is 932. The Labute approximate surface area is 147 Å². The molecule has 2 heterocycles. The average molecular weight is 355 g/mol. The molecule has 1 aliphatic rings. The van der Waals surface area contributed by atoms with Gasteiger partial charge in [-0.1, -0.05) is 18.2 Å². The van der Waals surface area contributed by atoms with Gasteiger partial charge < -0.3 is 14.9 Å². The number of aliphatic carboxylic acids is 1. The number of H-pyrrole nitrogens is 1. The van der Waals surface area contributed by atoms with Crippen LogP contribution in [-0.2, 0) is 20.8 Å². The van der Waals surface area contributed by atoms with Gasteiger partial charge in [-0.25, -0.2) is 4.79 Å². The van der Waals surface area contributed by atoms with Crippen LogP contribution >= 0.6 is 0 Å². The molecule has 3 rings (SSSR count). The van der Waals surface area contributed by atoms with E-state index in [2.05, 4.69) is 9.98 Å². The molecule has 0 aliphatic carbocycles. The zero-order chi connectivity index (χ0) is 18.8. The number of aromatic nitrogens is 1. The molecule has 0 bridgehead atoms. The van der Waals surface area contributed by atoms with Crippen molar-refractivity contribution in [2.75, 3.05) is 7.05 Å². The molecule has 1 aliphatic heterocycles. The summed E-state index contributed by atoms with van der Waals surface area (Å²) in [6, 6.07) is 5.26. The van der Waals surface area contributed by atoms with Crippen LogP contribution in [0.15, 0.2) is 35.5 Å². The molecule has 9 nitrogen and oxygen atoms in total. The highest BCUT2D eigenvalue weighted by Crippen LogP contribution is 2.20. The second kappa shape index (κ2) is 6.79. The van der Waals surface area contributed by atoms with Crippen molar-refractivity contribution in [3.63, 3.8) is 0 Å². The number of hydrogen-bond acceptors (Lipinski definition) is 6. The zero-order valence-electron chi connectivity index (χ0n) is 13.8. The van der Waals surface area contributed by atoms with Crippen LogP contribution < -0.4 is 10.4 Å². The molecule has 2 N–H and O–H groups in total. The summed E-state index contributed by atoms with van der Waals surface area (Å²) in [5.41, 5.74) is 1.57. The summed E-state index contributed by atoms with van der Waals surface area (Å²) in [7, 11) is 1.22. The Morgan fingerprint density at radius 2 is 2.08 bits per heavy atom. The first kappa shape index (κ1) is 17.3. The summed E-state index contributed by atoms with van der Waals surface area (Å²) in [5.74, 6) is -4.40. The maximum atomic E-state index is 12.0. The monoisotopic (exact) mass is 355 g/mol. The van der Waals surface area contributed by atoms with E-state index in [0.717, 1.165) is 27.6 Å². The number of benzene rings is 1. The normalized spacial score (nSPS) is 19.2. The van der Waals surface area contributed by atoms with E-state index in [1.54, 1.807) is 6.20 Å². The molecule has 26 heavy (non-hydrogen) atoms. The van der Waals surface area contributed by atoms with Crippen molar-refractivity contribution in [2.45, 2.75) is 12.5 Å². The third kappa shape index (κ3) is 3.18. The van der Waals surface area contributed by atoms with Crippen LogP contribution in [0.5, 0.6) is 0 Å². The minimum Gasteiger partial charge on any atom is -0.548 e. The van der Waals surface area contributed by atoms with Gasteiger partial charge in [0, 0.05) is 36.8 Å². The number of carbonyl (C=O) groups is 4. The molecule has 1 fully saturated rings. The molecular weight excluding hydrogens is 340 g/mol. The molecule has 1 saturated heterocycles. The highest BCUT2D eigenvalue weighted by Gasteiger charge is 2.37. The lowest BCUT2D eigenvalue weighted by atomic mass is 10.0. The van der Waals surface area contributed by atoms with Gasteiger partial charge in [-0.2, -0.15) is 0 Å². The lowest BCUT2D eigenvalue weighted by Crippen LogP contribution is -2.56. The summed E-state index contributed by atoms with van der Waals surface area (Å²) in [6.45, 7) is 0. The SMILES string of the molecule is CN1C(=O)NC(=O)[C@H](C=N[C@@H](Cc2c[nH]c3ccccc23)C(=O)[O-])C1=O. The number of amides is 4. The van der Waals surface area contributed by atoms with Crippen LogP contribution in [0.1, 0.15) is 5.56 Å². The molecule has 9 heteroatoms. The number of fused-ring (bicyclic) bond motifs is 1. The quantitative estimate of drug-likeness (QED) is 0.536. The van der Waals surface area contributed by atoms with Crippen molar-refractivity contribution in [2.24, 2.45) is 10.9 Å². The standard InChI is InChI=1S/C17H16N4O5/c1-21-15(23)11(14(22)20-17(21)26)8-19-13(16(24)25)6-9-7-18-12-5-3-2-4-10(9)12/h2-5,7-8,11,13,18H,6H2,1H3,(H,24,25)(H,20,22,26)/p-1/t11-,13-/m0/s1. The van der Waals surface area contributed by atoms with Gasteiger partial charge in [0.1, 0.15) is 0 Å². The number of aliphatic imine (C=N–C) groups is 1. The molecule has 1 aromatic heterocycles. The molecule has 4 amide bonds. The maximum absolute atomic E-state index is 12.0. The van der Waals surface area contributed by atoms with E-state index in [4.69, 9.17) is 0 Å². The largest absolute Gasteiger partial charge is 0.548 e. The van der Waals surface area contributed by atoms with E-state index in [-0.39, 0.29) is 6.42 Å². The molecule has 2 aromatic rings. The molecule has 0 spiro atoms. The predicted molar refractivity (Wildman–Crippen MR) is 89.1 cm³/mol. The zero-order valence-corrected chi connectivity index (χ0v) is 13.8. The number of hydrogen-bond donors (Lipinski definition) is 2. The minimum absolute atomic E-state index is 0.0279. The van der Waals surface area contributed by atoms with Gasteiger partial charge in [0.2, 0.25) is 11.8 Å². The number of urea groups is 1. The number of rotatable bonds is 5. The highest BCUT2D eigenvalue weighted by atomic mass is 16.4. The van der Waals surface area contributed by atoms with Crippen molar-refractivity contribution in [3.8, 4) is 0 Å².